The standard InChI is InChI=1S/C29H50O5/c1-18(2)7-6-8-19(3)21-9-10-22-20-15-24(30)29(34)17-28(33,16-25(31)32)14-13-27(29,5)23(20)11-12-26(21,22)4/h18-24,30,33-34H,6-17H2,1-5H3,(H,31,32)/t19-,20+,21-,22+,23+,24?,26-,27-,28-,29+/m1/s1. The molecule has 1 unspecified atom stereocenters. The summed E-state index contributed by atoms with van der Waals surface area (Å²) in [6.45, 7) is 11.7. The zero-order valence-corrected chi connectivity index (χ0v) is 22.2. The van der Waals surface area contributed by atoms with Gasteiger partial charge in [0.05, 0.1) is 23.7 Å². The van der Waals surface area contributed by atoms with Crippen molar-refractivity contribution in [2.45, 2.75) is 129 Å². The lowest BCUT2D eigenvalue weighted by Crippen LogP contribution is -2.70. The molecule has 4 N–H and O–H groups in total. The summed E-state index contributed by atoms with van der Waals surface area (Å²) in [5.41, 5.74) is -3.04. The summed E-state index contributed by atoms with van der Waals surface area (Å²) in [6, 6.07) is 0. The van der Waals surface area contributed by atoms with Gasteiger partial charge in [-0.1, -0.05) is 53.9 Å². The lowest BCUT2D eigenvalue weighted by Gasteiger charge is -2.66. The molecule has 0 radical (unpaired) electrons. The first kappa shape index (κ1) is 26.4. The highest BCUT2D eigenvalue weighted by Gasteiger charge is 2.69. The summed E-state index contributed by atoms with van der Waals surface area (Å²) in [5, 5.41) is 43.6. The molecule has 0 bridgehead atoms. The fourth-order valence-electron chi connectivity index (χ4n) is 9.82. The molecule has 0 aromatic carbocycles. The number of hydrogen-bond acceptors (Lipinski definition) is 4. The van der Waals surface area contributed by atoms with E-state index in [-0.39, 0.29) is 12.8 Å². The molecule has 0 spiro atoms. The molecule has 4 rings (SSSR count). The van der Waals surface area contributed by atoms with Crippen LogP contribution in [0.15, 0.2) is 0 Å². The van der Waals surface area contributed by atoms with Gasteiger partial charge in [0.15, 0.2) is 0 Å². The van der Waals surface area contributed by atoms with Crippen LogP contribution in [0.4, 0.5) is 0 Å². The normalized spacial score (nSPS) is 49.3. The number of rotatable bonds is 7. The maximum atomic E-state index is 11.9. The maximum Gasteiger partial charge on any atom is 0.306 e. The molecule has 5 nitrogen and oxygen atoms in total. The molecular formula is C29H50O5. The van der Waals surface area contributed by atoms with Crippen molar-refractivity contribution < 1.29 is 25.2 Å². The Kier molecular flexibility index (Phi) is 7.01. The van der Waals surface area contributed by atoms with Gasteiger partial charge in [0.25, 0.3) is 0 Å². The SMILES string of the molecule is CC(C)CCC[C@@H](C)[C@H]1CC[C@H]2[C@@H]3CC(O)[C@@]4(O)C[C@](O)(CC(=O)O)CC[C@]4(C)[C@H]3CC[C@]12C. The number of fused-ring (bicyclic) bond motifs is 5. The first-order valence-electron chi connectivity index (χ1n) is 14.1. The molecule has 4 aliphatic carbocycles. The maximum absolute atomic E-state index is 11.9. The highest BCUT2D eigenvalue weighted by Crippen LogP contribution is 2.69. The minimum Gasteiger partial charge on any atom is -0.481 e. The third-order valence-corrected chi connectivity index (χ3v) is 11.7. The quantitative estimate of drug-likeness (QED) is 0.393. The lowest BCUT2D eigenvalue weighted by atomic mass is 9.41. The van der Waals surface area contributed by atoms with Gasteiger partial charge in [0, 0.05) is 11.8 Å². The largest absolute Gasteiger partial charge is 0.481 e. The Morgan fingerprint density at radius 2 is 1.68 bits per heavy atom. The third kappa shape index (κ3) is 4.16. The molecular weight excluding hydrogens is 428 g/mol. The summed E-state index contributed by atoms with van der Waals surface area (Å²) in [7, 11) is 0. The van der Waals surface area contributed by atoms with Crippen LogP contribution in [0.3, 0.4) is 0 Å². The van der Waals surface area contributed by atoms with Crippen LogP contribution in [0.1, 0.15) is 112 Å². The van der Waals surface area contributed by atoms with Crippen molar-refractivity contribution in [2.75, 3.05) is 0 Å². The summed E-state index contributed by atoms with van der Waals surface area (Å²) in [4.78, 5) is 11.4. The van der Waals surface area contributed by atoms with Crippen LogP contribution in [-0.2, 0) is 4.79 Å². The number of aliphatic carboxylic acids is 1. The van der Waals surface area contributed by atoms with Crippen LogP contribution in [0.2, 0.25) is 0 Å². The minimum atomic E-state index is -1.44. The van der Waals surface area contributed by atoms with Gasteiger partial charge in [-0.3, -0.25) is 4.79 Å². The van der Waals surface area contributed by atoms with Crippen molar-refractivity contribution in [3.8, 4) is 0 Å². The Hall–Kier alpha value is -0.650. The van der Waals surface area contributed by atoms with Crippen molar-refractivity contribution >= 4 is 5.97 Å². The van der Waals surface area contributed by atoms with Gasteiger partial charge in [-0.25, -0.2) is 0 Å². The number of hydrogen-bond donors (Lipinski definition) is 4. The topological polar surface area (TPSA) is 98.0 Å². The number of aliphatic hydroxyl groups is 3. The molecule has 0 amide bonds. The molecule has 4 aliphatic rings. The Morgan fingerprint density at radius 1 is 0.971 bits per heavy atom. The van der Waals surface area contributed by atoms with E-state index in [9.17, 15) is 25.2 Å². The molecule has 0 aromatic heterocycles. The summed E-state index contributed by atoms with van der Waals surface area (Å²) < 4.78 is 0. The molecule has 10 atom stereocenters. The first-order valence-corrected chi connectivity index (χ1v) is 14.1. The van der Waals surface area contributed by atoms with E-state index >= 15 is 0 Å². The molecule has 196 valence electrons. The number of aliphatic hydroxyl groups excluding tert-OH is 1. The molecule has 0 aromatic rings. The van der Waals surface area contributed by atoms with Crippen LogP contribution in [0.25, 0.3) is 0 Å². The highest BCUT2D eigenvalue weighted by atomic mass is 16.4. The average molecular weight is 479 g/mol. The van der Waals surface area contributed by atoms with Crippen molar-refractivity contribution in [1.29, 1.82) is 0 Å². The van der Waals surface area contributed by atoms with E-state index in [1.54, 1.807) is 0 Å². The van der Waals surface area contributed by atoms with Crippen LogP contribution < -0.4 is 0 Å². The van der Waals surface area contributed by atoms with Crippen LogP contribution in [0, 0.1) is 46.3 Å². The zero-order chi connectivity index (χ0) is 25.1. The predicted octanol–water partition coefficient (Wildman–Crippen LogP) is 5.40. The summed E-state index contributed by atoms with van der Waals surface area (Å²) >= 11 is 0. The second-order valence-corrected chi connectivity index (χ2v) is 14.0. The van der Waals surface area contributed by atoms with Crippen molar-refractivity contribution in [3.05, 3.63) is 0 Å². The molecule has 34 heavy (non-hydrogen) atoms. The van der Waals surface area contributed by atoms with E-state index in [4.69, 9.17) is 0 Å². The Labute approximate surface area is 206 Å². The van der Waals surface area contributed by atoms with E-state index in [0.29, 0.717) is 42.4 Å². The Bertz CT molecular complexity index is 768. The molecule has 0 heterocycles. The number of carbonyl (C=O) groups is 1. The van der Waals surface area contributed by atoms with Gasteiger partial charge < -0.3 is 20.4 Å². The van der Waals surface area contributed by atoms with E-state index in [2.05, 4.69) is 34.6 Å². The van der Waals surface area contributed by atoms with Gasteiger partial charge >= 0.3 is 5.97 Å². The van der Waals surface area contributed by atoms with E-state index in [1.807, 2.05) is 0 Å². The van der Waals surface area contributed by atoms with Gasteiger partial charge in [-0.15, -0.1) is 0 Å². The second kappa shape index (κ2) is 9.03. The highest BCUT2D eigenvalue weighted by molar-refractivity contribution is 5.68. The Balaban J connectivity index is 1.54. The summed E-state index contributed by atoms with van der Waals surface area (Å²) in [5.74, 6) is 2.49. The average Bonchev–Trinajstić information content (AvgIpc) is 3.07. The summed E-state index contributed by atoms with van der Waals surface area (Å²) in [6.07, 6.45) is 8.88. The minimum absolute atomic E-state index is 0.0371. The zero-order valence-electron chi connectivity index (χ0n) is 22.2. The van der Waals surface area contributed by atoms with Crippen LogP contribution >= 0.6 is 0 Å². The third-order valence-electron chi connectivity index (χ3n) is 11.7. The molecule has 5 heteroatoms. The lowest BCUT2D eigenvalue weighted by molar-refractivity contribution is -0.279. The fraction of sp³-hybridized carbons (Fsp3) is 0.966. The van der Waals surface area contributed by atoms with Crippen LogP contribution in [0.5, 0.6) is 0 Å². The van der Waals surface area contributed by atoms with Crippen LogP contribution in [-0.4, -0.2) is 43.7 Å². The first-order chi connectivity index (χ1) is 15.8. The van der Waals surface area contributed by atoms with Crippen molar-refractivity contribution in [2.24, 2.45) is 46.3 Å². The monoisotopic (exact) mass is 478 g/mol. The number of carboxylic acid groups (broad SMARTS) is 1. The fourth-order valence-corrected chi connectivity index (χ4v) is 9.82. The number of carboxylic acids is 1. The van der Waals surface area contributed by atoms with Gasteiger partial charge in [0.2, 0.25) is 0 Å². The second-order valence-electron chi connectivity index (χ2n) is 14.0. The molecule has 0 saturated heterocycles. The van der Waals surface area contributed by atoms with Gasteiger partial charge in [0.1, 0.15) is 0 Å². The van der Waals surface area contributed by atoms with Gasteiger partial charge in [-0.05, 0) is 85.9 Å². The van der Waals surface area contributed by atoms with Crippen molar-refractivity contribution in [3.63, 3.8) is 0 Å². The molecule has 4 saturated carbocycles. The van der Waals surface area contributed by atoms with Crippen molar-refractivity contribution in [1.82, 2.24) is 0 Å². The predicted molar refractivity (Wildman–Crippen MR) is 133 cm³/mol. The van der Waals surface area contributed by atoms with E-state index < -0.39 is 28.7 Å². The van der Waals surface area contributed by atoms with Gasteiger partial charge in [-0.2, -0.15) is 0 Å². The van der Waals surface area contributed by atoms with E-state index in [1.165, 1.54) is 38.5 Å². The van der Waals surface area contributed by atoms with E-state index in [0.717, 1.165) is 24.2 Å². The molecule has 4 fully saturated rings. The smallest absolute Gasteiger partial charge is 0.306 e. The molecule has 0 aliphatic heterocycles. The Morgan fingerprint density at radius 3 is 2.32 bits per heavy atom.